The zero-order valence-electron chi connectivity index (χ0n) is 60.1. The number of benzene rings is 2. The Labute approximate surface area is 594 Å². The number of fused-ring (bicyclic) bond motifs is 2. The van der Waals surface area contributed by atoms with Gasteiger partial charge in [-0.05, 0) is 112 Å². The molecule has 3 heterocycles. The second-order valence-electron chi connectivity index (χ2n) is 29.0. The number of guanidine groups is 1. The Bertz CT molecular complexity index is 3550. The summed E-state index contributed by atoms with van der Waals surface area (Å²) in [6.45, 7) is 17.1. The number of carboxylic acids is 1. The predicted octanol–water partition coefficient (Wildman–Crippen LogP) is 1.18. The van der Waals surface area contributed by atoms with Crippen LogP contribution in [0.3, 0.4) is 0 Å². The summed E-state index contributed by atoms with van der Waals surface area (Å²) in [4.78, 5) is 192. The number of carbonyl (C=O) groups is 13. The highest BCUT2D eigenvalue weighted by Crippen LogP contribution is 2.34. The van der Waals surface area contributed by atoms with Gasteiger partial charge in [0.15, 0.2) is 17.5 Å². The Morgan fingerprint density at radius 3 is 1.67 bits per heavy atom. The fraction of sp³-hybridized carbons (Fsp3) is 0.583. The van der Waals surface area contributed by atoms with Crippen molar-refractivity contribution in [3.8, 4) is 0 Å². The molecule has 558 valence electrons. The van der Waals surface area contributed by atoms with E-state index in [2.05, 4.69) is 63.5 Å². The molecular formula is C72H105N15O15. The quantitative estimate of drug-likeness (QED) is 0.0221. The molecule has 3 aromatic rings. The number of nitrogens with two attached hydrogens (primary N) is 1. The number of nitrogens with one attached hydrogen (secondary N) is 13. The zero-order chi connectivity index (χ0) is 75.3. The first-order valence-electron chi connectivity index (χ1n) is 35.2. The smallest absolute Gasteiger partial charge is 0.305 e. The SMILES string of the molecule is CC(NCCCC[C@@H]1NC(=O)[C@@H](Cc2ccccc2)NC(=O)[C@H](CC(C)C)NC(=O)[C@H](CC(=O)O)NC(=O)[C@H]([C@@H](C)O)NC(=O)[C@@H]2CCCN2C(=O)[C@@H](Cc2c[nH]c3ccccc23)NC(=O)[C@H](CC(C)C)NC(=O)[C@H](CCCNC(=N)N)NC(=O)[C@H](C(C)C)NC1=O)=C1C(=O)CC(C)(C)CC1=O. The van der Waals surface area contributed by atoms with Gasteiger partial charge >= 0.3 is 5.97 Å². The van der Waals surface area contributed by atoms with Gasteiger partial charge in [0, 0.05) is 68.1 Å². The third-order valence-corrected chi connectivity index (χ3v) is 18.2. The molecule has 10 amide bonds. The molecule has 3 fully saturated rings. The van der Waals surface area contributed by atoms with Gasteiger partial charge in [-0.25, -0.2) is 0 Å². The van der Waals surface area contributed by atoms with Crippen LogP contribution in [0.5, 0.6) is 0 Å². The number of aliphatic hydroxyl groups is 1. The molecule has 11 atom stereocenters. The van der Waals surface area contributed by atoms with Crippen LogP contribution in [0.25, 0.3) is 10.9 Å². The maximum Gasteiger partial charge on any atom is 0.305 e. The van der Waals surface area contributed by atoms with E-state index in [0.717, 1.165) is 6.92 Å². The predicted molar refractivity (Wildman–Crippen MR) is 379 cm³/mol. The van der Waals surface area contributed by atoms with Crippen molar-refractivity contribution in [2.24, 2.45) is 28.9 Å². The Morgan fingerprint density at radius 2 is 1.08 bits per heavy atom. The van der Waals surface area contributed by atoms with Crippen LogP contribution in [0.1, 0.15) is 157 Å². The van der Waals surface area contributed by atoms with Crippen LogP contribution in [-0.2, 0) is 75.2 Å². The molecule has 30 heteroatoms. The second kappa shape index (κ2) is 37.8. The first-order chi connectivity index (χ1) is 48.1. The fourth-order valence-corrected chi connectivity index (χ4v) is 13.0. The molecular weight excluding hydrogens is 1310 g/mol. The number of hydrogen-bond donors (Lipinski definition) is 16. The van der Waals surface area contributed by atoms with Crippen molar-refractivity contribution >= 4 is 93.5 Å². The second-order valence-corrected chi connectivity index (χ2v) is 29.0. The number of allylic oxidation sites excluding steroid dienone is 2. The number of para-hydroxylation sites is 1. The summed E-state index contributed by atoms with van der Waals surface area (Å²) >= 11 is 0. The number of carbonyl (C=O) groups excluding carboxylic acids is 12. The molecule has 2 saturated heterocycles. The molecule has 6 rings (SSSR count). The summed E-state index contributed by atoms with van der Waals surface area (Å²) in [6.07, 6.45) is -0.392. The number of carboxylic acid groups (broad SMARTS) is 1. The molecule has 1 aliphatic carbocycles. The minimum Gasteiger partial charge on any atom is -0.481 e. The Balaban J connectivity index is 1.44. The number of nitrogens with zero attached hydrogens (tertiary/aromatic N) is 1. The topological polar surface area (TPSA) is 464 Å². The standard InChI is InChI=1S/C72H105N15O15/c1-38(2)30-49-63(95)82-51(32-43-20-12-11-13-21-43)65(97)78-47(24-16-17-27-75-41(7)58-55(89)35-72(9,10)36-56(58)90)62(94)85-59(40(5)6)68(100)79-48(25-18-28-76-71(73)74)61(93)80-50(31-39(3)4)64(96)84-53(33-44-37-77-46-23-15-14-22-45(44)46)70(102)87-29-19-26-54(87)67(99)86-60(42(8)88)69(101)83-52(34-57(91)92)66(98)81-49/h11-15,20-23,37-40,42,47-54,59-60,75,77,88H,16-19,24-36H2,1-10H3,(H,78,97)(H,79,100)(H,80,93)(H,81,98)(H,82,95)(H,83,101)(H,84,96)(H,85,94)(H,86,99)(H,91,92)(H4,73,74,76)/t42-,47+,48+,49+,50+,51-,52+,53-,54+,59+,60+/m1/s1. The van der Waals surface area contributed by atoms with Gasteiger partial charge in [-0.1, -0.05) is 104 Å². The summed E-state index contributed by atoms with van der Waals surface area (Å²) in [6, 6.07) is 0.484. The lowest BCUT2D eigenvalue weighted by atomic mass is 9.73. The molecule has 30 nitrogen and oxygen atoms in total. The monoisotopic (exact) mass is 1420 g/mol. The van der Waals surface area contributed by atoms with Crippen molar-refractivity contribution in [3.63, 3.8) is 0 Å². The third kappa shape index (κ3) is 24.0. The van der Waals surface area contributed by atoms with E-state index in [-0.39, 0.29) is 132 Å². The highest BCUT2D eigenvalue weighted by Gasteiger charge is 2.43. The van der Waals surface area contributed by atoms with Gasteiger partial charge in [-0.3, -0.25) is 67.7 Å². The van der Waals surface area contributed by atoms with Crippen LogP contribution in [0.2, 0.25) is 0 Å². The van der Waals surface area contributed by atoms with E-state index >= 15 is 19.2 Å². The average Bonchev–Trinajstić information content (AvgIpc) is 1.30. The Hall–Kier alpha value is -9.74. The first-order valence-corrected chi connectivity index (χ1v) is 35.2. The summed E-state index contributed by atoms with van der Waals surface area (Å²) in [5, 5.41) is 59.7. The van der Waals surface area contributed by atoms with E-state index in [1.165, 1.54) is 4.90 Å². The largest absolute Gasteiger partial charge is 0.481 e. The van der Waals surface area contributed by atoms with E-state index in [0.29, 0.717) is 34.1 Å². The minimum absolute atomic E-state index is 0.00208. The van der Waals surface area contributed by atoms with E-state index < -0.39 is 149 Å². The maximum atomic E-state index is 15.2. The number of aromatic amines is 1. The van der Waals surface area contributed by atoms with Crippen LogP contribution >= 0.6 is 0 Å². The number of Topliss-reactive ketones (excluding diaryl/α,β-unsaturated/α-hetero) is 2. The lowest BCUT2D eigenvalue weighted by Gasteiger charge is -2.32. The van der Waals surface area contributed by atoms with Gasteiger partial charge in [-0.15, -0.1) is 0 Å². The summed E-state index contributed by atoms with van der Waals surface area (Å²) in [5.41, 5.74) is 7.42. The van der Waals surface area contributed by atoms with Gasteiger partial charge < -0.3 is 84.3 Å². The molecule has 1 aromatic heterocycles. The fourth-order valence-electron chi connectivity index (χ4n) is 13.0. The van der Waals surface area contributed by atoms with Gasteiger partial charge in [0.05, 0.1) is 18.1 Å². The number of unbranched alkanes of at least 4 members (excludes halogenated alkanes) is 1. The van der Waals surface area contributed by atoms with E-state index in [1.54, 1.807) is 97.1 Å². The highest BCUT2D eigenvalue weighted by molar-refractivity contribution is 6.22. The zero-order valence-corrected chi connectivity index (χ0v) is 60.1. The number of aliphatic carboxylic acids is 1. The van der Waals surface area contributed by atoms with Crippen LogP contribution < -0.4 is 64.2 Å². The molecule has 3 aliphatic rings. The summed E-state index contributed by atoms with van der Waals surface area (Å²) in [7, 11) is 0. The van der Waals surface area contributed by atoms with Crippen molar-refractivity contribution < 1.29 is 72.5 Å². The van der Waals surface area contributed by atoms with Crippen molar-refractivity contribution in [3.05, 3.63) is 83.2 Å². The number of rotatable bonds is 22. The number of hydrogen-bond acceptors (Lipinski definition) is 16. The molecule has 0 bridgehead atoms. The molecule has 17 N–H and O–H groups in total. The van der Waals surface area contributed by atoms with Crippen molar-refractivity contribution in [1.82, 2.24) is 68.4 Å². The molecule has 0 spiro atoms. The Kier molecular flexibility index (Phi) is 30.1. The molecule has 102 heavy (non-hydrogen) atoms. The highest BCUT2D eigenvalue weighted by atomic mass is 16.4. The molecule has 2 aromatic carbocycles. The van der Waals surface area contributed by atoms with Gasteiger partial charge in [0.2, 0.25) is 59.1 Å². The van der Waals surface area contributed by atoms with Crippen molar-refractivity contribution in [1.29, 1.82) is 5.41 Å². The van der Waals surface area contributed by atoms with E-state index in [4.69, 9.17) is 11.1 Å². The summed E-state index contributed by atoms with van der Waals surface area (Å²) in [5.74, 6) is -13.0. The van der Waals surface area contributed by atoms with Crippen LogP contribution in [0.15, 0.2) is 72.1 Å². The maximum absolute atomic E-state index is 15.2. The normalized spacial score (nSPS) is 24.7. The number of amides is 10. The van der Waals surface area contributed by atoms with Crippen LogP contribution in [0.4, 0.5) is 0 Å². The van der Waals surface area contributed by atoms with Crippen molar-refractivity contribution in [2.45, 2.75) is 226 Å². The van der Waals surface area contributed by atoms with Crippen molar-refractivity contribution in [2.75, 3.05) is 19.6 Å². The number of aliphatic hydroxyl groups excluding tert-OH is 1. The number of aromatic nitrogens is 1. The lowest BCUT2D eigenvalue weighted by Crippen LogP contribution is -2.62. The Morgan fingerprint density at radius 1 is 0.588 bits per heavy atom. The third-order valence-electron chi connectivity index (χ3n) is 18.2. The van der Waals surface area contributed by atoms with Gasteiger partial charge in [0.25, 0.3) is 0 Å². The summed E-state index contributed by atoms with van der Waals surface area (Å²) < 4.78 is 0. The van der Waals surface area contributed by atoms with Gasteiger partial charge in [0.1, 0.15) is 60.4 Å². The number of H-pyrrole nitrogens is 1. The molecule has 0 radical (unpaired) electrons. The molecule has 1 saturated carbocycles. The lowest BCUT2D eigenvalue weighted by molar-refractivity contribution is -0.143. The van der Waals surface area contributed by atoms with E-state index in [9.17, 15) is 53.4 Å². The van der Waals surface area contributed by atoms with E-state index in [1.807, 2.05) is 26.0 Å². The average molecular weight is 1420 g/mol. The van der Waals surface area contributed by atoms with Crippen LogP contribution in [-0.4, -0.2) is 189 Å². The van der Waals surface area contributed by atoms with Crippen LogP contribution in [0, 0.1) is 28.6 Å². The molecule has 0 unspecified atom stereocenters. The number of ketones is 2. The molecule has 2 aliphatic heterocycles. The minimum atomic E-state index is -1.94. The van der Waals surface area contributed by atoms with Gasteiger partial charge in [-0.2, -0.15) is 0 Å². The first kappa shape index (κ1) is 81.2.